The van der Waals surface area contributed by atoms with Crippen LogP contribution in [0.15, 0.2) is 26.6 Å². The highest BCUT2D eigenvalue weighted by atomic mass is 79.9. The monoisotopic (exact) mass is 405 g/mol. The molecule has 0 radical (unpaired) electrons. The fourth-order valence-corrected chi connectivity index (χ4v) is 4.26. The molecule has 2 rings (SSSR count). The number of halogens is 2. The predicted octanol–water partition coefficient (Wildman–Crippen LogP) is 4.29. The van der Waals surface area contributed by atoms with E-state index in [0.29, 0.717) is 6.04 Å². The van der Waals surface area contributed by atoms with Gasteiger partial charge in [0.15, 0.2) is 0 Å². The van der Waals surface area contributed by atoms with Crippen molar-refractivity contribution < 1.29 is 0 Å². The first-order valence-electron chi connectivity index (χ1n) is 6.26. The fraction of sp³-hybridized carbons (Fsp3) is 0.462. The first kappa shape index (κ1) is 15.2. The lowest BCUT2D eigenvalue weighted by Crippen LogP contribution is -2.21. The Labute approximate surface area is 134 Å². The molecular formula is C13H17Br2N3S. The summed E-state index contributed by atoms with van der Waals surface area (Å²) in [5.41, 5.74) is 1.28. The van der Waals surface area contributed by atoms with Crippen LogP contribution in [0, 0.1) is 0 Å². The quantitative estimate of drug-likeness (QED) is 0.775. The summed E-state index contributed by atoms with van der Waals surface area (Å²) >= 11 is 8.91. The highest BCUT2D eigenvalue weighted by Crippen LogP contribution is 2.36. The normalized spacial score (nSPS) is 12.8. The first-order valence-corrected chi connectivity index (χ1v) is 8.67. The van der Waals surface area contributed by atoms with Gasteiger partial charge in [-0.1, -0.05) is 6.92 Å². The van der Waals surface area contributed by atoms with Gasteiger partial charge in [-0.05, 0) is 63.4 Å². The molecule has 0 aliphatic carbocycles. The second kappa shape index (κ2) is 7.02. The molecule has 0 amide bonds. The van der Waals surface area contributed by atoms with Gasteiger partial charge in [0.2, 0.25) is 0 Å². The van der Waals surface area contributed by atoms with Crippen molar-refractivity contribution in [3.05, 3.63) is 37.2 Å². The maximum absolute atomic E-state index is 4.22. The standard InChI is InChI=1S/C13H17Br2N3S/c1-3-16-11(12-8-10(14)13(15)19-12)5-4-9-6-7-17-18(9)2/h6-8,11,16H,3-5H2,1-2H3. The second-order valence-corrected chi connectivity index (χ2v) is 7.62. The molecule has 1 unspecified atom stereocenters. The molecule has 0 spiro atoms. The molecule has 1 atom stereocenters. The minimum absolute atomic E-state index is 0.396. The van der Waals surface area contributed by atoms with Crippen LogP contribution < -0.4 is 5.32 Å². The number of aryl methyl sites for hydroxylation is 2. The fourth-order valence-electron chi connectivity index (χ4n) is 2.07. The molecule has 3 nitrogen and oxygen atoms in total. The van der Waals surface area contributed by atoms with Crippen LogP contribution in [0.5, 0.6) is 0 Å². The molecule has 19 heavy (non-hydrogen) atoms. The zero-order valence-electron chi connectivity index (χ0n) is 11.0. The van der Waals surface area contributed by atoms with Crippen LogP contribution in [0.4, 0.5) is 0 Å². The maximum Gasteiger partial charge on any atom is 0.0843 e. The van der Waals surface area contributed by atoms with Crippen LogP contribution in [0.3, 0.4) is 0 Å². The molecule has 1 N–H and O–H groups in total. The lowest BCUT2D eigenvalue weighted by atomic mass is 10.1. The Morgan fingerprint density at radius 1 is 1.47 bits per heavy atom. The van der Waals surface area contributed by atoms with Crippen molar-refractivity contribution in [3.8, 4) is 0 Å². The van der Waals surface area contributed by atoms with Gasteiger partial charge in [0.05, 0.1) is 3.79 Å². The Bertz CT molecular complexity index is 516. The van der Waals surface area contributed by atoms with E-state index in [4.69, 9.17) is 0 Å². The highest BCUT2D eigenvalue weighted by molar-refractivity contribution is 9.13. The molecule has 2 heterocycles. The number of thiophene rings is 1. The van der Waals surface area contributed by atoms with E-state index in [1.807, 2.05) is 17.9 Å². The third-order valence-electron chi connectivity index (χ3n) is 3.07. The van der Waals surface area contributed by atoms with E-state index >= 15 is 0 Å². The second-order valence-electron chi connectivity index (χ2n) is 4.37. The summed E-state index contributed by atoms with van der Waals surface area (Å²) in [6, 6.07) is 4.68. The lowest BCUT2D eigenvalue weighted by Gasteiger charge is -2.16. The van der Waals surface area contributed by atoms with Crippen molar-refractivity contribution in [1.29, 1.82) is 0 Å². The van der Waals surface area contributed by atoms with E-state index in [0.717, 1.165) is 27.6 Å². The molecule has 0 aromatic carbocycles. The Morgan fingerprint density at radius 2 is 2.26 bits per heavy atom. The largest absolute Gasteiger partial charge is 0.310 e. The molecule has 0 aliphatic rings. The number of nitrogens with zero attached hydrogens (tertiary/aromatic N) is 2. The molecule has 2 aromatic rings. The molecule has 0 saturated carbocycles. The smallest absolute Gasteiger partial charge is 0.0843 e. The Kier molecular flexibility index (Phi) is 5.62. The van der Waals surface area contributed by atoms with Crippen molar-refractivity contribution in [2.75, 3.05) is 6.54 Å². The maximum atomic E-state index is 4.22. The summed E-state index contributed by atoms with van der Waals surface area (Å²) < 4.78 is 4.24. The van der Waals surface area contributed by atoms with Crippen molar-refractivity contribution in [3.63, 3.8) is 0 Å². The average Bonchev–Trinajstić information content (AvgIpc) is 2.92. The topological polar surface area (TPSA) is 29.9 Å². The highest BCUT2D eigenvalue weighted by Gasteiger charge is 2.15. The van der Waals surface area contributed by atoms with Gasteiger partial charge in [-0.15, -0.1) is 11.3 Å². The van der Waals surface area contributed by atoms with Crippen LogP contribution >= 0.6 is 43.2 Å². The zero-order chi connectivity index (χ0) is 13.8. The van der Waals surface area contributed by atoms with Crippen LogP contribution in [0.2, 0.25) is 0 Å². The van der Waals surface area contributed by atoms with Crippen molar-refractivity contribution >= 4 is 43.2 Å². The van der Waals surface area contributed by atoms with E-state index in [1.54, 1.807) is 11.3 Å². The van der Waals surface area contributed by atoms with E-state index in [2.05, 4.69) is 61.3 Å². The molecule has 104 valence electrons. The van der Waals surface area contributed by atoms with Crippen LogP contribution in [-0.2, 0) is 13.5 Å². The number of hydrogen-bond acceptors (Lipinski definition) is 3. The summed E-state index contributed by atoms with van der Waals surface area (Å²) in [4.78, 5) is 1.36. The predicted molar refractivity (Wildman–Crippen MR) is 87.7 cm³/mol. The lowest BCUT2D eigenvalue weighted by molar-refractivity contribution is 0.513. The van der Waals surface area contributed by atoms with Gasteiger partial charge in [0.1, 0.15) is 0 Å². The van der Waals surface area contributed by atoms with E-state index in [9.17, 15) is 0 Å². The van der Waals surface area contributed by atoms with Crippen LogP contribution in [0.1, 0.15) is 30.0 Å². The molecule has 0 saturated heterocycles. The Morgan fingerprint density at radius 3 is 2.79 bits per heavy atom. The number of aromatic nitrogens is 2. The summed E-state index contributed by atoms with van der Waals surface area (Å²) in [5.74, 6) is 0. The third-order valence-corrected chi connectivity index (χ3v) is 6.44. The van der Waals surface area contributed by atoms with Crippen molar-refractivity contribution in [2.45, 2.75) is 25.8 Å². The molecule has 0 bridgehead atoms. The number of hydrogen-bond donors (Lipinski definition) is 1. The van der Waals surface area contributed by atoms with Gasteiger partial charge < -0.3 is 5.32 Å². The van der Waals surface area contributed by atoms with E-state index in [-0.39, 0.29) is 0 Å². The van der Waals surface area contributed by atoms with Crippen molar-refractivity contribution in [2.24, 2.45) is 7.05 Å². The minimum atomic E-state index is 0.396. The van der Waals surface area contributed by atoms with Gasteiger partial charge in [0.25, 0.3) is 0 Å². The van der Waals surface area contributed by atoms with Gasteiger partial charge in [-0.25, -0.2) is 0 Å². The van der Waals surface area contributed by atoms with E-state index < -0.39 is 0 Å². The van der Waals surface area contributed by atoms with Crippen LogP contribution in [0.25, 0.3) is 0 Å². The summed E-state index contributed by atoms with van der Waals surface area (Å²) in [5, 5.41) is 7.78. The van der Waals surface area contributed by atoms with Gasteiger partial charge in [-0.2, -0.15) is 5.10 Å². The van der Waals surface area contributed by atoms with Gasteiger partial charge in [0, 0.05) is 34.3 Å². The number of rotatable bonds is 6. The van der Waals surface area contributed by atoms with Crippen LogP contribution in [-0.4, -0.2) is 16.3 Å². The minimum Gasteiger partial charge on any atom is -0.310 e. The van der Waals surface area contributed by atoms with Crippen molar-refractivity contribution in [1.82, 2.24) is 15.1 Å². The Balaban J connectivity index is 2.06. The first-order chi connectivity index (χ1) is 9.11. The zero-order valence-corrected chi connectivity index (χ0v) is 15.0. The SMILES string of the molecule is CCNC(CCc1ccnn1C)c1cc(Br)c(Br)s1. The molecule has 0 fully saturated rings. The summed E-state index contributed by atoms with van der Waals surface area (Å²) in [6.07, 6.45) is 3.96. The summed E-state index contributed by atoms with van der Waals surface area (Å²) in [6.45, 7) is 3.12. The van der Waals surface area contributed by atoms with Gasteiger partial charge >= 0.3 is 0 Å². The molecule has 0 aliphatic heterocycles. The Hall–Kier alpha value is -0.170. The molecule has 6 heteroatoms. The van der Waals surface area contributed by atoms with Gasteiger partial charge in [-0.3, -0.25) is 4.68 Å². The number of nitrogens with one attached hydrogen (secondary N) is 1. The molecular weight excluding hydrogens is 390 g/mol. The molecule has 2 aromatic heterocycles. The summed E-state index contributed by atoms with van der Waals surface area (Å²) in [7, 11) is 2.00. The third kappa shape index (κ3) is 3.90. The average molecular weight is 407 g/mol. The van der Waals surface area contributed by atoms with E-state index in [1.165, 1.54) is 10.6 Å².